The van der Waals surface area contributed by atoms with Crippen molar-refractivity contribution in [3.8, 4) is 0 Å². The minimum atomic E-state index is -0.280. The zero-order chi connectivity index (χ0) is 28.8. The summed E-state index contributed by atoms with van der Waals surface area (Å²) >= 11 is 0. The molecule has 0 amide bonds. The van der Waals surface area contributed by atoms with E-state index in [4.69, 9.17) is 9.47 Å². The number of allylic oxidation sites excluding steroid dienone is 1. The fourth-order valence-corrected chi connectivity index (χ4v) is 11.8. The highest BCUT2D eigenvalue weighted by Gasteiger charge is 2.72. The molecular formula is C35H58O4. The third kappa shape index (κ3) is 4.23. The molecule has 4 saturated carbocycles. The Morgan fingerprint density at radius 2 is 1.54 bits per heavy atom. The molecule has 4 nitrogen and oxygen atoms in total. The number of aliphatic hydroxyl groups excluding tert-OH is 1. The average molecular weight is 543 g/mol. The summed E-state index contributed by atoms with van der Waals surface area (Å²) in [6.07, 6.45) is 12.6. The summed E-state index contributed by atoms with van der Waals surface area (Å²) in [5.41, 5.74) is 0.812. The first-order valence-electron chi connectivity index (χ1n) is 16.2. The Labute approximate surface area is 239 Å². The Kier molecular flexibility index (Phi) is 7.07. The van der Waals surface area contributed by atoms with Gasteiger partial charge in [0, 0.05) is 11.0 Å². The topological polar surface area (TPSA) is 55.8 Å². The second-order valence-corrected chi connectivity index (χ2v) is 16.7. The van der Waals surface area contributed by atoms with Crippen LogP contribution in [0, 0.1) is 45.3 Å². The Morgan fingerprint density at radius 3 is 2.18 bits per heavy atom. The van der Waals surface area contributed by atoms with Gasteiger partial charge in [-0.3, -0.25) is 0 Å². The standard InChI is InChI=1S/C35H58O4/c1-11-22(2)29(37)38-27-15-18-32(7)25(31(27,5)6)14-20-33(8)26(32)21-24(36)28-23(13-19-34(28,33)9)35(10)17-12-16-30(3,4)39-35/h11,23-28,36H,12-21H2,1-10H3/b22-11+/t23?,24-,25?,26?,27+,28?,32+,33-,34-,35-/m1/s1. The largest absolute Gasteiger partial charge is 0.458 e. The van der Waals surface area contributed by atoms with Gasteiger partial charge < -0.3 is 14.6 Å². The molecule has 5 aliphatic rings. The minimum Gasteiger partial charge on any atom is -0.458 e. The third-order valence-corrected chi connectivity index (χ3v) is 14.1. The highest BCUT2D eigenvalue weighted by Crippen LogP contribution is 2.76. The lowest BCUT2D eigenvalue weighted by Gasteiger charge is -2.70. The fraction of sp³-hybridized carbons (Fsp3) is 0.914. The van der Waals surface area contributed by atoms with Crippen LogP contribution in [-0.4, -0.2) is 34.5 Å². The van der Waals surface area contributed by atoms with Crippen molar-refractivity contribution in [1.29, 1.82) is 0 Å². The van der Waals surface area contributed by atoms with E-state index in [1.54, 1.807) is 0 Å². The van der Waals surface area contributed by atoms with Gasteiger partial charge in [-0.25, -0.2) is 4.79 Å². The van der Waals surface area contributed by atoms with Gasteiger partial charge in [-0.15, -0.1) is 0 Å². The van der Waals surface area contributed by atoms with E-state index in [1.165, 1.54) is 32.1 Å². The number of rotatable bonds is 3. The van der Waals surface area contributed by atoms with E-state index in [2.05, 4.69) is 55.4 Å². The summed E-state index contributed by atoms with van der Waals surface area (Å²) in [5.74, 6) is 1.50. The molecule has 10 atom stereocenters. The monoisotopic (exact) mass is 542 g/mol. The molecule has 1 heterocycles. The van der Waals surface area contributed by atoms with Crippen LogP contribution in [-0.2, 0) is 14.3 Å². The molecule has 4 aliphatic carbocycles. The Hall–Kier alpha value is -0.870. The molecule has 222 valence electrons. The fourth-order valence-electron chi connectivity index (χ4n) is 11.8. The first-order chi connectivity index (χ1) is 18.0. The predicted octanol–water partition coefficient (Wildman–Crippen LogP) is 8.26. The smallest absolute Gasteiger partial charge is 0.333 e. The normalized spacial score (nSPS) is 50.9. The first-order valence-corrected chi connectivity index (χ1v) is 16.2. The van der Waals surface area contributed by atoms with Crippen molar-refractivity contribution in [2.45, 2.75) is 157 Å². The Balaban J connectivity index is 1.44. The SMILES string of the molecule is C/C=C(\C)C(=O)O[C@H]1CC[C@@]2(C)C(CC[C@]3(C)C2C[C@@H](O)C2C([C@@]4(C)CCCC(C)(C)O4)CC[C@]23C)C1(C)C. The van der Waals surface area contributed by atoms with Crippen LogP contribution in [0.4, 0.5) is 0 Å². The van der Waals surface area contributed by atoms with E-state index in [-0.39, 0.29) is 51.0 Å². The molecule has 4 unspecified atom stereocenters. The van der Waals surface area contributed by atoms with Crippen molar-refractivity contribution >= 4 is 5.97 Å². The lowest BCUT2D eigenvalue weighted by molar-refractivity contribution is -0.258. The molecule has 4 heteroatoms. The maximum absolute atomic E-state index is 12.8. The second-order valence-electron chi connectivity index (χ2n) is 16.7. The molecule has 0 bridgehead atoms. The van der Waals surface area contributed by atoms with E-state index in [9.17, 15) is 9.90 Å². The van der Waals surface area contributed by atoms with Gasteiger partial charge in [-0.05, 0) is 139 Å². The second kappa shape index (κ2) is 9.32. The van der Waals surface area contributed by atoms with Gasteiger partial charge in [0.2, 0.25) is 0 Å². The number of fused-ring (bicyclic) bond motifs is 5. The number of ether oxygens (including phenoxy) is 2. The number of carbonyl (C=O) groups is 1. The first kappa shape index (κ1) is 29.6. The highest BCUT2D eigenvalue weighted by atomic mass is 16.5. The zero-order valence-corrected chi connectivity index (χ0v) is 26.8. The molecule has 0 aromatic rings. The molecule has 0 aromatic heterocycles. The molecule has 1 N–H and O–H groups in total. The third-order valence-electron chi connectivity index (χ3n) is 14.1. The van der Waals surface area contributed by atoms with Crippen LogP contribution < -0.4 is 0 Å². The molecule has 0 aromatic carbocycles. The van der Waals surface area contributed by atoms with Gasteiger partial charge >= 0.3 is 5.97 Å². The van der Waals surface area contributed by atoms with Crippen LogP contribution in [0.1, 0.15) is 133 Å². The van der Waals surface area contributed by atoms with Gasteiger partial charge in [-0.2, -0.15) is 0 Å². The molecule has 1 aliphatic heterocycles. The van der Waals surface area contributed by atoms with Crippen LogP contribution in [0.15, 0.2) is 11.6 Å². The summed E-state index contributed by atoms with van der Waals surface area (Å²) in [6, 6.07) is 0. The van der Waals surface area contributed by atoms with Crippen molar-refractivity contribution < 1.29 is 19.4 Å². The van der Waals surface area contributed by atoms with Gasteiger partial charge in [0.15, 0.2) is 0 Å². The number of hydrogen-bond acceptors (Lipinski definition) is 4. The summed E-state index contributed by atoms with van der Waals surface area (Å²) in [5, 5.41) is 12.1. The number of esters is 1. The average Bonchev–Trinajstić information content (AvgIpc) is 3.22. The van der Waals surface area contributed by atoms with Gasteiger partial charge in [0.25, 0.3) is 0 Å². The van der Waals surface area contributed by atoms with E-state index in [1.807, 2.05) is 19.9 Å². The van der Waals surface area contributed by atoms with Crippen LogP contribution in [0.2, 0.25) is 0 Å². The number of hydrogen-bond donors (Lipinski definition) is 1. The van der Waals surface area contributed by atoms with Crippen LogP contribution >= 0.6 is 0 Å². The summed E-state index contributed by atoms with van der Waals surface area (Å²) in [4.78, 5) is 12.8. The number of carbonyl (C=O) groups excluding carboxylic acids is 1. The maximum atomic E-state index is 12.8. The van der Waals surface area contributed by atoms with Crippen LogP contribution in [0.25, 0.3) is 0 Å². The molecule has 5 rings (SSSR count). The van der Waals surface area contributed by atoms with Crippen molar-refractivity contribution in [2.75, 3.05) is 0 Å². The Morgan fingerprint density at radius 1 is 0.872 bits per heavy atom. The number of aliphatic hydroxyl groups is 1. The predicted molar refractivity (Wildman–Crippen MR) is 157 cm³/mol. The van der Waals surface area contributed by atoms with E-state index >= 15 is 0 Å². The summed E-state index contributed by atoms with van der Waals surface area (Å²) < 4.78 is 13.1. The maximum Gasteiger partial charge on any atom is 0.333 e. The van der Waals surface area contributed by atoms with Crippen LogP contribution in [0.3, 0.4) is 0 Å². The van der Waals surface area contributed by atoms with Crippen molar-refractivity contribution in [1.82, 2.24) is 0 Å². The lowest BCUT2D eigenvalue weighted by Crippen LogP contribution is -2.67. The molecule has 0 radical (unpaired) electrons. The quantitative estimate of drug-likeness (QED) is 0.288. The Bertz CT molecular complexity index is 1010. The minimum absolute atomic E-state index is 0.0539. The zero-order valence-electron chi connectivity index (χ0n) is 26.8. The van der Waals surface area contributed by atoms with Crippen molar-refractivity contribution in [3.63, 3.8) is 0 Å². The van der Waals surface area contributed by atoms with E-state index in [0.717, 1.165) is 32.1 Å². The van der Waals surface area contributed by atoms with Gasteiger partial charge in [-0.1, -0.05) is 40.7 Å². The summed E-state index contributed by atoms with van der Waals surface area (Å²) in [6.45, 7) is 23.0. The van der Waals surface area contributed by atoms with E-state index in [0.29, 0.717) is 29.2 Å². The molecule has 0 spiro atoms. The molecule has 1 saturated heterocycles. The van der Waals surface area contributed by atoms with Crippen molar-refractivity contribution in [2.24, 2.45) is 45.3 Å². The lowest BCUT2D eigenvalue weighted by atomic mass is 9.35. The molecule has 39 heavy (non-hydrogen) atoms. The van der Waals surface area contributed by atoms with Crippen molar-refractivity contribution in [3.05, 3.63) is 11.6 Å². The molecular weight excluding hydrogens is 484 g/mol. The van der Waals surface area contributed by atoms with Gasteiger partial charge in [0.05, 0.1) is 17.3 Å². The van der Waals surface area contributed by atoms with E-state index < -0.39 is 0 Å². The molecule has 5 fully saturated rings. The van der Waals surface area contributed by atoms with Gasteiger partial charge in [0.1, 0.15) is 6.10 Å². The van der Waals surface area contributed by atoms with Crippen LogP contribution in [0.5, 0.6) is 0 Å². The highest BCUT2D eigenvalue weighted by molar-refractivity contribution is 5.87. The summed E-state index contributed by atoms with van der Waals surface area (Å²) in [7, 11) is 0.